The Bertz CT molecular complexity index is 335. The number of carbonyl (C=O) groups is 1. The molecule has 0 heterocycles. The lowest BCUT2D eigenvalue weighted by Crippen LogP contribution is -2.57. The van der Waals surface area contributed by atoms with Gasteiger partial charge in [0.1, 0.15) is 6.17 Å². The van der Waals surface area contributed by atoms with E-state index in [1.807, 2.05) is 0 Å². The monoisotopic (exact) mass is 354 g/mol. The first-order valence-corrected chi connectivity index (χ1v) is 7.50. The SMILES string of the molecule is CC(=O)OC[C@]1(C)[C@@H](C)C[C@@H](I)C12CCC2F. The van der Waals surface area contributed by atoms with Gasteiger partial charge in [-0.3, -0.25) is 4.79 Å². The van der Waals surface area contributed by atoms with E-state index < -0.39 is 6.17 Å². The third kappa shape index (κ3) is 1.73. The molecule has 2 aliphatic rings. The second-order valence-corrected chi connectivity index (χ2v) is 7.35. The van der Waals surface area contributed by atoms with Gasteiger partial charge in [0.15, 0.2) is 0 Å². The van der Waals surface area contributed by atoms with Gasteiger partial charge in [-0.1, -0.05) is 36.4 Å². The Morgan fingerprint density at radius 2 is 2.24 bits per heavy atom. The van der Waals surface area contributed by atoms with Crippen molar-refractivity contribution in [1.82, 2.24) is 0 Å². The van der Waals surface area contributed by atoms with Crippen molar-refractivity contribution < 1.29 is 13.9 Å². The topological polar surface area (TPSA) is 26.3 Å². The predicted octanol–water partition coefficient (Wildman–Crippen LogP) is 3.52. The van der Waals surface area contributed by atoms with Gasteiger partial charge >= 0.3 is 5.97 Å². The van der Waals surface area contributed by atoms with Gasteiger partial charge < -0.3 is 4.74 Å². The van der Waals surface area contributed by atoms with Crippen LogP contribution in [0.4, 0.5) is 4.39 Å². The van der Waals surface area contributed by atoms with Gasteiger partial charge in [-0.15, -0.1) is 0 Å². The predicted molar refractivity (Wildman–Crippen MR) is 72.9 cm³/mol. The second kappa shape index (κ2) is 4.35. The number of ether oxygens (including phenoxy) is 1. The molecule has 0 N–H and O–H groups in total. The number of hydrogen-bond acceptors (Lipinski definition) is 2. The molecule has 0 aromatic heterocycles. The van der Waals surface area contributed by atoms with E-state index in [1.165, 1.54) is 6.92 Å². The van der Waals surface area contributed by atoms with Crippen molar-refractivity contribution in [1.29, 1.82) is 0 Å². The van der Waals surface area contributed by atoms with Crippen LogP contribution in [-0.4, -0.2) is 22.7 Å². The van der Waals surface area contributed by atoms with Crippen LogP contribution in [-0.2, 0) is 9.53 Å². The van der Waals surface area contributed by atoms with E-state index in [-0.39, 0.29) is 16.8 Å². The summed E-state index contributed by atoms with van der Waals surface area (Å²) < 4.78 is 19.8. The van der Waals surface area contributed by atoms with Crippen molar-refractivity contribution in [3.05, 3.63) is 0 Å². The molecule has 0 aromatic rings. The average Bonchev–Trinajstić information content (AvgIpc) is 2.44. The van der Waals surface area contributed by atoms with E-state index in [1.54, 1.807) is 0 Å². The minimum Gasteiger partial charge on any atom is -0.465 e. The Morgan fingerprint density at radius 3 is 2.65 bits per heavy atom. The number of esters is 1. The first-order chi connectivity index (χ1) is 7.84. The van der Waals surface area contributed by atoms with Crippen molar-refractivity contribution in [2.24, 2.45) is 16.7 Å². The van der Waals surface area contributed by atoms with Crippen LogP contribution in [0, 0.1) is 16.7 Å². The minimum absolute atomic E-state index is 0.206. The third-order valence-corrected chi connectivity index (χ3v) is 6.84. The fraction of sp³-hybridized carbons (Fsp3) is 0.923. The highest BCUT2D eigenvalue weighted by atomic mass is 127. The normalized spacial score (nSPS) is 49.1. The number of rotatable bonds is 2. The minimum atomic E-state index is -0.727. The molecular formula is C13H20FIO2. The van der Waals surface area contributed by atoms with Crippen LogP contribution in [0.15, 0.2) is 0 Å². The molecule has 0 amide bonds. The Balaban J connectivity index is 2.25. The van der Waals surface area contributed by atoms with E-state index in [0.29, 0.717) is 22.9 Å². The second-order valence-electron chi connectivity index (χ2n) is 5.85. The number of carbonyl (C=O) groups excluding carboxylic acids is 1. The molecule has 2 aliphatic carbocycles. The maximum absolute atomic E-state index is 14.2. The zero-order valence-corrected chi connectivity index (χ0v) is 12.8. The molecule has 0 aromatic carbocycles. The van der Waals surface area contributed by atoms with Gasteiger partial charge in [0.25, 0.3) is 0 Å². The summed E-state index contributed by atoms with van der Waals surface area (Å²) in [6.07, 6.45) is 1.90. The summed E-state index contributed by atoms with van der Waals surface area (Å²) in [6.45, 7) is 6.05. The van der Waals surface area contributed by atoms with E-state index in [9.17, 15) is 9.18 Å². The molecule has 0 bridgehead atoms. The Labute approximate surface area is 116 Å². The molecule has 98 valence electrons. The number of halogens is 2. The van der Waals surface area contributed by atoms with Crippen LogP contribution in [0.5, 0.6) is 0 Å². The van der Waals surface area contributed by atoms with E-state index in [2.05, 4.69) is 36.4 Å². The van der Waals surface area contributed by atoms with Crippen molar-refractivity contribution >= 4 is 28.6 Å². The largest absolute Gasteiger partial charge is 0.465 e. The summed E-state index contributed by atoms with van der Waals surface area (Å²) in [7, 11) is 0. The third-order valence-electron chi connectivity index (χ3n) is 5.22. The summed E-state index contributed by atoms with van der Waals surface area (Å²) in [5.41, 5.74) is -0.468. The van der Waals surface area contributed by atoms with Crippen molar-refractivity contribution in [2.45, 2.75) is 50.1 Å². The summed E-state index contributed by atoms with van der Waals surface area (Å²) >= 11 is 2.39. The zero-order valence-electron chi connectivity index (χ0n) is 10.6. The van der Waals surface area contributed by atoms with Crippen molar-refractivity contribution in [3.63, 3.8) is 0 Å². The van der Waals surface area contributed by atoms with Crippen molar-refractivity contribution in [2.75, 3.05) is 6.61 Å². The molecule has 1 spiro atoms. The van der Waals surface area contributed by atoms with Crippen LogP contribution in [0.1, 0.15) is 40.0 Å². The van der Waals surface area contributed by atoms with Crippen LogP contribution in [0.2, 0.25) is 0 Å². The van der Waals surface area contributed by atoms with Crippen LogP contribution < -0.4 is 0 Å². The average molecular weight is 354 g/mol. The summed E-state index contributed by atoms with van der Waals surface area (Å²) in [4.78, 5) is 11.0. The van der Waals surface area contributed by atoms with Gasteiger partial charge in [0.05, 0.1) is 6.61 Å². The van der Waals surface area contributed by atoms with Gasteiger partial charge in [-0.25, -0.2) is 4.39 Å². The zero-order chi connectivity index (χ0) is 12.8. The fourth-order valence-corrected chi connectivity index (χ4v) is 5.86. The molecule has 2 saturated carbocycles. The van der Waals surface area contributed by atoms with Crippen LogP contribution in [0.3, 0.4) is 0 Å². The summed E-state index contributed by atoms with van der Waals surface area (Å²) in [5, 5.41) is 0. The molecule has 2 rings (SSSR count). The molecule has 4 heteroatoms. The molecule has 0 aliphatic heterocycles. The Hall–Kier alpha value is 0.130. The number of alkyl halides is 2. The van der Waals surface area contributed by atoms with Gasteiger partial charge in [-0.2, -0.15) is 0 Å². The molecule has 2 unspecified atom stereocenters. The Morgan fingerprint density at radius 1 is 1.59 bits per heavy atom. The van der Waals surface area contributed by atoms with Gasteiger partial charge in [0.2, 0.25) is 0 Å². The highest BCUT2D eigenvalue weighted by molar-refractivity contribution is 14.1. The Kier molecular flexibility index (Phi) is 3.47. The van der Waals surface area contributed by atoms with E-state index in [4.69, 9.17) is 4.74 Å². The van der Waals surface area contributed by atoms with Crippen LogP contribution >= 0.6 is 22.6 Å². The highest BCUT2D eigenvalue weighted by Gasteiger charge is 2.68. The molecular weight excluding hydrogens is 334 g/mol. The lowest BCUT2D eigenvalue weighted by molar-refractivity contribution is -0.158. The van der Waals surface area contributed by atoms with E-state index >= 15 is 0 Å². The fourth-order valence-electron chi connectivity index (χ4n) is 3.69. The number of hydrogen-bond donors (Lipinski definition) is 0. The quantitative estimate of drug-likeness (QED) is 0.431. The lowest BCUT2D eigenvalue weighted by atomic mass is 9.53. The molecule has 0 radical (unpaired) electrons. The standard InChI is InChI=1S/C13H20FIO2/c1-8-6-11(15)13(5-4-10(13)14)12(8,3)7-17-9(2)16/h8,10-11H,4-7H2,1-3H3/t8-,10?,11+,12+,13?/m0/s1. The summed E-state index contributed by atoms with van der Waals surface area (Å²) in [6, 6.07) is 0. The lowest BCUT2D eigenvalue weighted by Gasteiger charge is -2.55. The smallest absolute Gasteiger partial charge is 0.302 e. The van der Waals surface area contributed by atoms with Crippen molar-refractivity contribution in [3.8, 4) is 0 Å². The molecule has 2 nitrogen and oxygen atoms in total. The molecule has 2 fully saturated rings. The maximum Gasteiger partial charge on any atom is 0.302 e. The van der Waals surface area contributed by atoms with Crippen LogP contribution in [0.25, 0.3) is 0 Å². The van der Waals surface area contributed by atoms with E-state index in [0.717, 1.165) is 12.8 Å². The van der Waals surface area contributed by atoms with Gasteiger partial charge in [-0.05, 0) is 25.2 Å². The first kappa shape index (κ1) is 13.6. The van der Waals surface area contributed by atoms with Gasteiger partial charge in [0, 0.05) is 21.7 Å². The molecule has 5 atom stereocenters. The molecule has 17 heavy (non-hydrogen) atoms. The maximum atomic E-state index is 14.2. The highest BCUT2D eigenvalue weighted by Crippen LogP contribution is 2.68. The first-order valence-electron chi connectivity index (χ1n) is 6.26. The summed E-state index contributed by atoms with van der Waals surface area (Å²) in [5.74, 6) is 0.141. The molecule has 0 saturated heterocycles.